The van der Waals surface area contributed by atoms with Gasteiger partial charge in [0.25, 0.3) is 0 Å². The number of benzene rings is 1. The van der Waals surface area contributed by atoms with Crippen LogP contribution in [0.5, 0.6) is 5.75 Å². The van der Waals surface area contributed by atoms with Crippen LogP contribution in [0.3, 0.4) is 0 Å². The van der Waals surface area contributed by atoms with Crippen molar-refractivity contribution < 1.29 is 19.0 Å². The van der Waals surface area contributed by atoms with Crippen LogP contribution in [0.2, 0.25) is 0 Å². The van der Waals surface area contributed by atoms with E-state index in [0.29, 0.717) is 0 Å². The number of rotatable bonds is 4. The molecular formula is C12H11FN2O3. The van der Waals surface area contributed by atoms with E-state index >= 15 is 0 Å². The van der Waals surface area contributed by atoms with Crippen molar-refractivity contribution in [3.63, 3.8) is 0 Å². The summed E-state index contributed by atoms with van der Waals surface area (Å²) >= 11 is 0. The summed E-state index contributed by atoms with van der Waals surface area (Å²) in [5.41, 5.74) is 0.707. The number of aromatic nitrogens is 2. The summed E-state index contributed by atoms with van der Waals surface area (Å²) in [7, 11) is 1.76. The quantitative estimate of drug-likeness (QED) is 0.899. The molecule has 0 aliphatic carbocycles. The molecule has 2 rings (SSSR count). The van der Waals surface area contributed by atoms with Gasteiger partial charge in [0.05, 0.1) is 6.20 Å². The van der Waals surface area contributed by atoms with E-state index in [1.54, 1.807) is 24.1 Å². The summed E-state index contributed by atoms with van der Waals surface area (Å²) < 4.78 is 20.0. The van der Waals surface area contributed by atoms with Crippen LogP contribution in [0, 0.1) is 5.82 Å². The Morgan fingerprint density at radius 1 is 1.56 bits per heavy atom. The lowest BCUT2D eigenvalue weighted by Gasteiger charge is -2.07. The molecule has 0 aliphatic heterocycles. The Labute approximate surface area is 102 Å². The van der Waals surface area contributed by atoms with Gasteiger partial charge in [-0.1, -0.05) is 0 Å². The highest BCUT2D eigenvalue weighted by atomic mass is 19.1. The van der Waals surface area contributed by atoms with E-state index in [-0.39, 0.29) is 17.9 Å². The van der Waals surface area contributed by atoms with Crippen LogP contribution >= 0.6 is 0 Å². The predicted octanol–water partition coefficient (Wildman–Crippen LogP) is 1.84. The summed E-state index contributed by atoms with van der Waals surface area (Å²) in [4.78, 5) is 10.9. The van der Waals surface area contributed by atoms with Crippen LogP contribution < -0.4 is 4.74 Å². The maximum atomic E-state index is 13.1. The first-order valence-corrected chi connectivity index (χ1v) is 5.19. The number of hydrogen-bond acceptors (Lipinski definition) is 3. The largest absolute Gasteiger partial charge is 0.488 e. The van der Waals surface area contributed by atoms with Crippen molar-refractivity contribution >= 4 is 5.97 Å². The number of carbonyl (C=O) groups is 1. The highest BCUT2D eigenvalue weighted by Crippen LogP contribution is 2.21. The molecule has 0 radical (unpaired) electrons. The average Bonchev–Trinajstić information content (AvgIpc) is 2.72. The van der Waals surface area contributed by atoms with E-state index in [0.717, 1.165) is 17.7 Å². The topological polar surface area (TPSA) is 64.3 Å². The molecule has 5 nitrogen and oxygen atoms in total. The van der Waals surface area contributed by atoms with Gasteiger partial charge < -0.3 is 9.84 Å². The molecule has 0 saturated carbocycles. The van der Waals surface area contributed by atoms with E-state index in [1.807, 2.05) is 0 Å². The fourth-order valence-electron chi connectivity index (χ4n) is 1.50. The summed E-state index contributed by atoms with van der Waals surface area (Å²) in [6.45, 7) is 0.136. The molecule has 6 heteroatoms. The van der Waals surface area contributed by atoms with Gasteiger partial charge >= 0.3 is 5.97 Å². The molecule has 94 valence electrons. The molecule has 0 amide bonds. The number of ether oxygens (including phenoxy) is 1. The molecule has 1 heterocycles. The van der Waals surface area contributed by atoms with Crippen LogP contribution in [-0.4, -0.2) is 20.9 Å². The Balaban J connectivity index is 2.17. The van der Waals surface area contributed by atoms with Gasteiger partial charge in [-0.3, -0.25) is 4.68 Å². The average molecular weight is 250 g/mol. The van der Waals surface area contributed by atoms with Gasteiger partial charge in [-0.15, -0.1) is 0 Å². The van der Waals surface area contributed by atoms with E-state index in [1.165, 1.54) is 6.07 Å². The minimum Gasteiger partial charge on any atom is -0.488 e. The molecule has 0 atom stereocenters. The van der Waals surface area contributed by atoms with Gasteiger partial charge in [-0.2, -0.15) is 5.10 Å². The van der Waals surface area contributed by atoms with Gasteiger partial charge in [-0.05, 0) is 12.1 Å². The zero-order chi connectivity index (χ0) is 13.1. The normalized spacial score (nSPS) is 10.3. The number of nitrogens with zero attached hydrogens (tertiary/aromatic N) is 2. The number of hydrogen-bond donors (Lipinski definition) is 1. The lowest BCUT2D eigenvalue weighted by atomic mass is 10.2. The molecule has 18 heavy (non-hydrogen) atoms. The van der Waals surface area contributed by atoms with Gasteiger partial charge in [-0.25, -0.2) is 9.18 Å². The van der Waals surface area contributed by atoms with E-state index < -0.39 is 11.8 Å². The SMILES string of the molecule is Cn1cc(COc2cc(F)ccc2C(=O)O)cn1. The van der Waals surface area contributed by atoms with Crippen molar-refractivity contribution in [3.05, 3.63) is 47.5 Å². The van der Waals surface area contributed by atoms with Gasteiger partial charge in [0, 0.05) is 24.9 Å². The Morgan fingerprint density at radius 2 is 2.33 bits per heavy atom. The van der Waals surface area contributed by atoms with Crippen LogP contribution in [0.1, 0.15) is 15.9 Å². The maximum Gasteiger partial charge on any atom is 0.339 e. The van der Waals surface area contributed by atoms with E-state index in [9.17, 15) is 9.18 Å². The molecule has 1 N–H and O–H groups in total. The summed E-state index contributed by atoms with van der Waals surface area (Å²) in [6.07, 6.45) is 3.33. The Morgan fingerprint density at radius 3 is 2.94 bits per heavy atom. The number of carboxylic acid groups (broad SMARTS) is 1. The number of halogens is 1. The third-order valence-corrected chi connectivity index (χ3v) is 2.33. The van der Waals surface area contributed by atoms with Crippen molar-refractivity contribution in [1.82, 2.24) is 9.78 Å². The first-order chi connectivity index (χ1) is 8.56. The van der Waals surface area contributed by atoms with Crippen molar-refractivity contribution in [1.29, 1.82) is 0 Å². The van der Waals surface area contributed by atoms with Crippen molar-refractivity contribution in [2.75, 3.05) is 0 Å². The molecule has 1 aromatic heterocycles. The van der Waals surface area contributed by atoms with E-state index in [4.69, 9.17) is 9.84 Å². The standard InChI is InChI=1S/C12H11FN2O3/c1-15-6-8(5-14-15)7-18-11-4-9(13)2-3-10(11)12(16)17/h2-6H,7H2,1H3,(H,16,17). The van der Waals surface area contributed by atoms with Crippen molar-refractivity contribution in [3.8, 4) is 5.75 Å². The minimum atomic E-state index is -1.16. The zero-order valence-corrected chi connectivity index (χ0v) is 9.63. The lowest BCUT2D eigenvalue weighted by Crippen LogP contribution is -2.03. The maximum absolute atomic E-state index is 13.1. The monoisotopic (exact) mass is 250 g/mol. The third-order valence-electron chi connectivity index (χ3n) is 2.33. The summed E-state index contributed by atoms with van der Waals surface area (Å²) in [6, 6.07) is 3.32. The van der Waals surface area contributed by atoms with Gasteiger partial charge in [0.15, 0.2) is 0 Å². The predicted molar refractivity (Wildman–Crippen MR) is 60.9 cm³/mol. The molecule has 0 aliphatic rings. The molecule has 0 spiro atoms. The molecule has 0 fully saturated rings. The molecular weight excluding hydrogens is 239 g/mol. The number of aryl methyl sites for hydroxylation is 1. The molecule has 0 bridgehead atoms. The lowest BCUT2D eigenvalue weighted by molar-refractivity contribution is 0.0691. The highest BCUT2D eigenvalue weighted by Gasteiger charge is 2.12. The number of carboxylic acids is 1. The molecule has 2 aromatic rings. The number of aromatic carboxylic acids is 1. The molecule has 1 aromatic carbocycles. The van der Waals surface area contributed by atoms with Crippen LogP contribution in [0.15, 0.2) is 30.6 Å². The summed E-state index contributed by atoms with van der Waals surface area (Å²) in [5.74, 6) is -1.69. The second-order valence-electron chi connectivity index (χ2n) is 3.76. The highest BCUT2D eigenvalue weighted by molar-refractivity contribution is 5.90. The van der Waals surface area contributed by atoms with Crippen LogP contribution in [0.4, 0.5) is 4.39 Å². The Bertz CT molecular complexity index is 580. The van der Waals surface area contributed by atoms with Crippen molar-refractivity contribution in [2.24, 2.45) is 7.05 Å². The van der Waals surface area contributed by atoms with Crippen LogP contribution in [0.25, 0.3) is 0 Å². The molecule has 0 saturated heterocycles. The second-order valence-corrected chi connectivity index (χ2v) is 3.76. The second kappa shape index (κ2) is 4.87. The first-order valence-electron chi connectivity index (χ1n) is 5.19. The Hall–Kier alpha value is -2.37. The third kappa shape index (κ3) is 2.65. The fourth-order valence-corrected chi connectivity index (χ4v) is 1.50. The van der Waals surface area contributed by atoms with E-state index in [2.05, 4.69) is 5.10 Å². The minimum absolute atomic E-state index is 0.00588. The smallest absolute Gasteiger partial charge is 0.339 e. The van der Waals surface area contributed by atoms with Crippen LogP contribution in [-0.2, 0) is 13.7 Å². The van der Waals surface area contributed by atoms with Gasteiger partial charge in [0.1, 0.15) is 23.7 Å². The first kappa shape index (κ1) is 12.1. The van der Waals surface area contributed by atoms with Crippen molar-refractivity contribution in [2.45, 2.75) is 6.61 Å². The fraction of sp³-hybridized carbons (Fsp3) is 0.167. The summed E-state index contributed by atoms with van der Waals surface area (Å²) in [5, 5.41) is 12.9. The van der Waals surface area contributed by atoms with Gasteiger partial charge in [0.2, 0.25) is 0 Å². The Kier molecular flexibility index (Phi) is 3.27. The zero-order valence-electron chi connectivity index (χ0n) is 9.63. The molecule has 0 unspecified atom stereocenters.